The molecule has 0 aromatic rings. The van der Waals surface area contributed by atoms with Crippen LogP contribution in [0.4, 0.5) is 4.79 Å². The average Bonchev–Trinajstić information content (AvgIpc) is 2.61. The topological polar surface area (TPSA) is 76.1 Å². The molecule has 2 rings (SSSR count). The van der Waals surface area contributed by atoms with Gasteiger partial charge in [-0.05, 0) is 53.4 Å². The van der Waals surface area contributed by atoms with E-state index in [1.807, 2.05) is 13.8 Å². The van der Waals surface area contributed by atoms with Gasteiger partial charge in [-0.2, -0.15) is 0 Å². The van der Waals surface area contributed by atoms with Crippen LogP contribution in [-0.4, -0.2) is 45.5 Å². The Kier molecular flexibility index (Phi) is 3.95. The fourth-order valence-electron chi connectivity index (χ4n) is 3.18. The molecule has 21 heavy (non-hydrogen) atoms. The standard InChI is InChI=1S/C15H25NO5/c1-13(2)10-20-15(8-6-5-7-9-15)16(13)12(19)21-14(3,4)11(17)18/h5-10H2,1-4H3,(H,17,18). The first kappa shape index (κ1) is 16.1. The molecule has 1 saturated heterocycles. The molecule has 0 aromatic carbocycles. The maximum atomic E-state index is 12.6. The molecular weight excluding hydrogens is 274 g/mol. The number of carboxylic acids is 1. The van der Waals surface area contributed by atoms with E-state index < -0.39 is 28.9 Å². The van der Waals surface area contributed by atoms with E-state index in [0.717, 1.165) is 32.1 Å². The molecular formula is C15H25NO5. The molecule has 6 heteroatoms. The Bertz CT molecular complexity index is 437. The Morgan fingerprint density at radius 3 is 2.29 bits per heavy atom. The molecule has 1 aliphatic carbocycles. The van der Waals surface area contributed by atoms with E-state index in [-0.39, 0.29) is 0 Å². The first-order valence-corrected chi connectivity index (χ1v) is 7.51. The van der Waals surface area contributed by atoms with E-state index in [4.69, 9.17) is 14.6 Å². The summed E-state index contributed by atoms with van der Waals surface area (Å²) in [6.45, 7) is 7.04. The first-order valence-electron chi connectivity index (χ1n) is 7.51. The molecule has 2 aliphatic rings. The van der Waals surface area contributed by atoms with Gasteiger partial charge >= 0.3 is 12.1 Å². The lowest BCUT2D eigenvalue weighted by Crippen LogP contribution is -2.58. The summed E-state index contributed by atoms with van der Waals surface area (Å²) in [5.74, 6) is -1.16. The number of hydrogen-bond donors (Lipinski definition) is 1. The summed E-state index contributed by atoms with van der Waals surface area (Å²) < 4.78 is 11.2. The van der Waals surface area contributed by atoms with Gasteiger partial charge in [0.2, 0.25) is 5.60 Å². The van der Waals surface area contributed by atoms with E-state index in [0.29, 0.717) is 6.61 Å². The van der Waals surface area contributed by atoms with Crippen LogP contribution >= 0.6 is 0 Å². The molecule has 0 atom stereocenters. The number of hydrogen-bond acceptors (Lipinski definition) is 4. The lowest BCUT2D eigenvalue weighted by Gasteiger charge is -2.44. The maximum Gasteiger partial charge on any atom is 0.413 e. The van der Waals surface area contributed by atoms with E-state index in [9.17, 15) is 9.59 Å². The van der Waals surface area contributed by atoms with Crippen molar-refractivity contribution in [1.82, 2.24) is 4.90 Å². The molecule has 2 fully saturated rings. The molecule has 6 nitrogen and oxygen atoms in total. The van der Waals surface area contributed by atoms with Crippen LogP contribution in [0, 0.1) is 0 Å². The van der Waals surface area contributed by atoms with Gasteiger partial charge < -0.3 is 14.6 Å². The minimum atomic E-state index is -1.55. The Labute approximate surface area is 125 Å². The van der Waals surface area contributed by atoms with Gasteiger partial charge in [0.25, 0.3) is 0 Å². The van der Waals surface area contributed by atoms with Crippen molar-refractivity contribution in [3.05, 3.63) is 0 Å². The summed E-state index contributed by atoms with van der Waals surface area (Å²) >= 11 is 0. The van der Waals surface area contributed by atoms with Crippen molar-refractivity contribution in [2.45, 2.75) is 76.7 Å². The molecule has 0 bridgehead atoms. The van der Waals surface area contributed by atoms with Crippen LogP contribution in [0.1, 0.15) is 59.8 Å². The molecule has 1 spiro atoms. The van der Waals surface area contributed by atoms with Crippen LogP contribution in [0.2, 0.25) is 0 Å². The monoisotopic (exact) mass is 299 g/mol. The molecule has 120 valence electrons. The second kappa shape index (κ2) is 5.16. The quantitative estimate of drug-likeness (QED) is 0.848. The zero-order chi connectivity index (χ0) is 15.9. The summed E-state index contributed by atoms with van der Waals surface area (Å²) in [7, 11) is 0. The second-order valence-corrected chi connectivity index (χ2v) is 7.13. The van der Waals surface area contributed by atoms with Crippen molar-refractivity contribution in [2.75, 3.05) is 6.61 Å². The van der Waals surface area contributed by atoms with Gasteiger partial charge in [-0.25, -0.2) is 9.59 Å². The zero-order valence-electron chi connectivity index (χ0n) is 13.3. The average molecular weight is 299 g/mol. The number of carboxylic acid groups (broad SMARTS) is 1. The van der Waals surface area contributed by atoms with Gasteiger partial charge in [0.15, 0.2) is 0 Å². The number of amides is 1. The minimum Gasteiger partial charge on any atom is -0.478 e. The maximum absolute atomic E-state index is 12.6. The first-order chi connectivity index (χ1) is 9.61. The highest BCUT2D eigenvalue weighted by Gasteiger charge is 2.56. The van der Waals surface area contributed by atoms with Crippen molar-refractivity contribution in [3.63, 3.8) is 0 Å². The summed E-state index contributed by atoms with van der Waals surface area (Å²) in [6.07, 6.45) is 4.09. The molecule has 1 amide bonds. The van der Waals surface area contributed by atoms with E-state index in [1.165, 1.54) is 13.8 Å². The largest absolute Gasteiger partial charge is 0.478 e. The second-order valence-electron chi connectivity index (χ2n) is 7.13. The van der Waals surface area contributed by atoms with E-state index in [2.05, 4.69) is 0 Å². The van der Waals surface area contributed by atoms with Crippen molar-refractivity contribution >= 4 is 12.1 Å². The van der Waals surface area contributed by atoms with Crippen LogP contribution in [0.5, 0.6) is 0 Å². The third-order valence-corrected chi connectivity index (χ3v) is 4.38. The van der Waals surface area contributed by atoms with Crippen LogP contribution in [0.25, 0.3) is 0 Å². The van der Waals surface area contributed by atoms with Gasteiger partial charge in [-0.3, -0.25) is 4.90 Å². The van der Waals surface area contributed by atoms with Crippen molar-refractivity contribution < 1.29 is 24.2 Å². The minimum absolute atomic E-state index is 0.440. The van der Waals surface area contributed by atoms with Crippen LogP contribution < -0.4 is 0 Å². The Morgan fingerprint density at radius 1 is 1.19 bits per heavy atom. The van der Waals surface area contributed by atoms with E-state index in [1.54, 1.807) is 4.90 Å². The van der Waals surface area contributed by atoms with Crippen LogP contribution in [0.3, 0.4) is 0 Å². The number of carbonyl (C=O) groups excluding carboxylic acids is 1. The van der Waals surface area contributed by atoms with Crippen LogP contribution in [-0.2, 0) is 14.3 Å². The molecule has 0 radical (unpaired) electrons. The van der Waals surface area contributed by atoms with Gasteiger partial charge in [0.1, 0.15) is 5.72 Å². The van der Waals surface area contributed by atoms with E-state index >= 15 is 0 Å². The third-order valence-electron chi connectivity index (χ3n) is 4.38. The zero-order valence-corrected chi connectivity index (χ0v) is 13.3. The Morgan fingerprint density at radius 2 is 1.76 bits per heavy atom. The molecule has 1 N–H and O–H groups in total. The fourth-order valence-corrected chi connectivity index (χ4v) is 3.18. The number of ether oxygens (including phenoxy) is 2. The predicted octanol–water partition coefficient (Wildman–Crippen LogP) is 2.76. The molecule has 1 heterocycles. The van der Waals surface area contributed by atoms with Crippen molar-refractivity contribution in [2.24, 2.45) is 0 Å². The number of nitrogens with zero attached hydrogens (tertiary/aromatic N) is 1. The summed E-state index contributed by atoms with van der Waals surface area (Å²) in [6, 6.07) is 0. The smallest absolute Gasteiger partial charge is 0.413 e. The van der Waals surface area contributed by atoms with Crippen molar-refractivity contribution in [3.8, 4) is 0 Å². The molecule has 0 unspecified atom stereocenters. The highest BCUT2D eigenvalue weighted by Crippen LogP contribution is 2.44. The van der Waals surface area contributed by atoms with Gasteiger partial charge in [-0.15, -0.1) is 0 Å². The predicted molar refractivity (Wildman–Crippen MR) is 75.9 cm³/mol. The lowest BCUT2D eigenvalue weighted by molar-refractivity contribution is -0.160. The summed E-state index contributed by atoms with van der Waals surface area (Å²) in [5, 5.41) is 9.14. The number of aliphatic carboxylic acids is 1. The van der Waals surface area contributed by atoms with Gasteiger partial charge in [-0.1, -0.05) is 6.42 Å². The summed E-state index contributed by atoms with van der Waals surface area (Å²) in [4.78, 5) is 25.4. The highest BCUT2D eigenvalue weighted by atomic mass is 16.6. The highest BCUT2D eigenvalue weighted by molar-refractivity contribution is 5.81. The Hall–Kier alpha value is -1.30. The molecule has 0 aromatic heterocycles. The normalized spacial score (nSPS) is 24.1. The molecule has 1 saturated carbocycles. The number of rotatable bonds is 2. The SMILES string of the molecule is CC(C)(OC(=O)N1C(C)(C)COC12CCCCC2)C(=O)O. The summed E-state index contributed by atoms with van der Waals surface area (Å²) in [5.41, 5.74) is -2.68. The number of carbonyl (C=O) groups is 2. The van der Waals surface area contributed by atoms with Gasteiger partial charge in [0.05, 0.1) is 12.1 Å². The van der Waals surface area contributed by atoms with Crippen molar-refractivity contribution in [1.29, 1.82) is 0 Å². The fraction of sp³-hybridized carbons (Fsp3) is 0.867. The third kappa shape index (κ3) is 2.86. The lowest BCUT2D eigenvalue weighted by atomic mass is 9.89. The van der Waals surface area contributed by atoms with Crippen LogP contribution in [0.15, 0.2) is 0 Å². The Balaban J connectivity index is 2.24. The molecule has 1 aliphatic heterocycles. The van der Waals surface area contributed by atoms with Gasteiger partial charge in [0, 0.05) is 0 Å².